The molecule has 2 aromatic rings. The maximum Gasteiger partial charge on any atom is 0.163 e. The number of nitrogens with two attached hydrogens (primary N) is 1. The van der Waals surface area contributed by atoms with Crippen LogP contribution >= 0.6 is 0 Å². The third-order valence-corrected chi connectivity index (χ3v) is 4.18. The van der Waals surface area contributed by atoms with Gasteiger partial charge >= 0.3 is 0 Å². The van der Waals surface area contributed by atoms with E-state index in [-0.39, 0.29) is 6.04 Å². The first-order valence-corrected chi connectivity index (χ1v) is 8.50. The molecule has 0 spiro atoms. The molecule has 0 radical (unpaired) electrons. The van der Waals surface area contributed by atoms with E-state index in [4.69, 9.17) is 20.2 Å². The largest absolute Gasteiger partial charge is 0.493 e. The summed E-state index contributed by atoms with van der Waals surface area (Å²) in [5.74, 6) is 2.35. The van der Waals surface area contributed by atoms with E-state index in [1.807, 2.05) is 19.1 Å². The first-order chi connectivity index (χ1) is 11.1. The van der Waals surface area contributed by atoms with Crippen LogP contribution in [0.5, 0.6) is 11.5 Å². The number of nitrogens with zero attached hydrogens (tertiary/aromatic N) is 2. The third kappa shape index (κ3) is 3.96. The molecule has 0 saturated heterocycles. The Morgan fingerprint density at radius 3 is 2.35 bits per heavy atom. The van der Waals surface area contributed by atoms with E-state index in [0.717, 1.165) is 35.6 Å². The topological polar surface area (TPSA) is 62.3 Å². The van der Waals surface area contributed by atoms with Gasteiger partial charge in [0.2, 0.25) is 0 Å². The summed E-state index contributed by atoms with van der Waals surface area (Å²) in [5, 5.41) is 0. The molecule has 0 bridgehead atoms. The van der Waals surface area contributed by atoms with Crippen molar-refractivity contribution < 1.29 is 9.47 Å². The summed E-state index contributed by atoms with van der Waals surface area (Å²) in [7, 11) is 3.29. The molecule has 5 heteroatoms. The highest BCUT2D eigenvalue weighted by molar-refractivity contribution is 5.80. The van der Waals surface area contributed by atoms with E-state index >= 15 is 0 Å². The van der Waals surface area contributed by atoms with Crippen molar-refractivity contribution >= 4 is 11.0 Å². The first-order valence-electron chi connectivity index (χ1n) is 8.50. The molecule has 1 unspecified atom stereocenters. The Balaban J connectivity index is 2.33. The van der Waals surface area contributed by atoms with Crippen LogP contribution < -0.4 is 15.2 Å². The van der Waals surface area contributed by atoms with E-state index in [2.05, 4.69) is 11.5 Å². The average Bonchev–Trinajstić information content (AvgIpc) is 2.91. The summed E-state index contributed by atoms with van der Waals surface area (Å²) < 4.78 is 13.0. The second-order valence-electron chi connectivity index (χ2n) is 6.02. The lowest BCUT2D eigenvalue weighted by molar-refractivity contribution is 0.355. The van der Waals surface area contributed by atoms with Crippen LogP contribution in [-0.2, 0) is 6.54 Å². The molecule has 1 aromatic carbocycles. The normalized spacial score (nSPS) is 12.6. The molecular formula is C18H29N3O2. The van der Waals surface area contributed by atoms with E-state index < -0.39 is 0 Å². The molecule has 1 atom stereocenters. The molecule has 0 aliphatic heterocycles. The first kappa shape index (κ1) is 17.6. The highest BCUT2D eigenvalue weighted by Crippen LogP contribution is 2.33. The lowest BCUT2D eigenvalue weighted by Gasteiger charge is -2.12. The highest BCUT2D eigenvalue weighted by Gasteiger charge is 2.17. The zero-order chi connectivity index (χ0) is 16.8. The number of rotatable bonds is 9. The van der Waals surface area contributed by atoms with Crippen LogP contribution in [0.1, 0.15) is 57.8 Å². The summed E-state index contributed by atoms with van der Waals surface area (Å²) in [4.78, 5) is 4.71. The maximum atomic E-state index is 6.13. The minimum Gasteiger partial charge on any atom is -0.493 e. The number of unbranched alkanes of at least 4 members (excludes halogenated alkanes) is 4. The van der Waals surface area contributed by atoms with Crippen LogP contribution in [0.2, 0.25) is 0 Å². The molecule has 128 valence electrons. The van der Waals surface area contributed by atoms with Crippen molar-refractivity contribution in [3.05, 3.63) is 18.0 Å². The van der Waals surface area contributed by atoms with Gasteiger partial charge in [-0.1, -0.05) is 32.6 Å². The van der Waals surface area contributed by atoms with Gasteiger partial charge in [-0.2, -0.15) is 0 Å². The van der Waals surface area contributed by atoms with Crippen LogP contribution in [0.15, 0.2) is 12.1 Å². The Bertz CT molecular complexity index is 635. The molecular weight excluding hydrogens is 290 g/mol. The number of ether oxygens (including phenoxy) is 2. The number of imidazole rings is 1. The molecule has 5 nitrogen and oxygen atoms in total. The molecule has 2 rings (SSSR count). The van der Waals surface area contributed by atoms with E-state index in [9.17, 15) is 0 Å². The van der Waals surface area contributed by atoms with E-state index in [1.165, 1.54) is 25.7 Å². The summed E-state index contributed by atoms with van der Waals surface area (Å²) in [6.45, 7) is 5.15. The Morgan fingerprint density at radius 2 is 1.74 bits per heavy atom. The van der Waals surface area contributed by atoms with Crippen LogP contribution in [0.3, 0.4) is 0 Å². The van der Waals surface area contributed by atoms with Crippen LogP contribution in [0.4, 0.5) is 0 Å². The zero-order valence-corrected chi connectivity index (χ0v) is 14.8. The Labute approximate surface area is 138 Å². The molecule has 1 aromatic heterocycles. The number of hydrogen-bond acceptors (Lipinski definition) is 4. The quantitative estimate of drug-likeness (QED) is 0.708. The standard InChI is InChI=1S/C18H29N3O2/c1-5-6-7-8-9-10-21-15-12-17(23-4)16(22-3)11-14(15)20-18(21)13(2)19/h11-13H,5-10,19H2,1-4H3. The Morgan fingerprint density at radius 1 is 1.09 bits per heavy atom. The van der Waals surface area contributed by atoms with Gasteiger partial charge in [0.1, 0.15) is 5.82 Å². The predicted octanol–water partition coefficient (Wildman–Crippen LogP) is 4.04. The smallest absolute Gasteiger partial charge is 0.163 e. The summed E-state index contributed by atoms with van der Waals surface area (Å²) in [6, 6.07) is 3.82. The van der Waals surface area contributed by atoms with Gasteiger partial charge in [0.05, 0.1) is 31.3 Å². The van der Waals surface area contributed by atoms with Crippen LogP contribution in [-0.4, -0.2) is 23.8 Å². The van der Waals surface area contributed by atoms with Crippen molar-refractivity contribution in [1.82, 2.24) is 9.55 Å². The molecule has 2 N–H and O–H groups in total. The second-order valence-corrected chi connectivity index (χ2v) is 6.02. The van der Waals surface area contributed by atoms with E-state index in [1.54, 1.807) is 14.2 Å². The van der Waals surface area contributed by atoms with Gasteiger partial charge in [0, 0.05) is 18.7 Å². The Kier molecular flexibility index (Phi) is 6.28. The van der Waals surface area contributed by atoms with Crippen LogP contribution in [0, 0.1) is 0 Å². The summed E-state index contributed by atoms with van der Waals surface area (Å²) in [6.07, 6.45) is 6.22. The average molecular weight is 319 g/mol. The maximum absolute atomic E-state index is 6.13. The van der Waals surface area contributed by atoms with E-state index in [0.29, 0.717) is 5.75 Å². The molecule has 0 fully saturated rings. The van der Waals surface area contributed by atoms with Crippen molar-refractivity contribution in [3.63, 3.8) is 0 Å². The summed E-state index contributed by atoms with van der Waals surface area (Å²) in [5.41, 5.74) is 8.09. The second kappa shape index (κ2) is 8.20. The predicted molar refractivity (Wildman–Crippen MR) is 94.2 cm³/mol. The van der Waals surface area contributed by atoms with Gasteiger partial charge in [-0.15, -0.1) is 0 Å². The van der Waals surface area contributed by atoms with Gasteiger partial charge in [-0.25, -0.2) is 4.98 Å². The highest BCUT2D eigenvalue weighted by atomic mass is 16.5. The number of methoxy groups -OCH3 is 2. The van der Waals surface area contributed by atoms with Crippen molar-refractivity contribution in [2.24, 2.45) is 5.73 Å². The SMILES string of the molecule is CCCCCCCn1c(C(C)N)nc2cc(OC)c(OC)cc21. The minimum absolute atomic E-state index is 0.102. The van der Waals surface area contributed by atoms with Crippen molar-refractivity contribution in [2.75, 3.05) is 14.2 Å². The van der Waals surface area contributed by atoms with Crippen LogP contribution in [0.25, 0.3) is 11.0 Å². The zero-order valence-electron chi connectivity index (χ0n) is 14.8. The monoisotopic (exact) mass is 319 g/mol. The third-order valence-electron chi connectivity index (χ3n) is 4.18. The minimum atomic E-state index is -0.102. The number of hydrogen-bond donors (Lipinski definition) is 1. The van der Waals surface area contributed by atoms with Gasteiger partial charge in [-0.3, -0.25) is 0 Å². The molecule has 0 aliphatic rings. The number of fused-ring (bicyclic) bond motifs is 1. The molecule has 0 saturated carbocycles. The number of benzene rings is 1. The van der Waals surface area contributed by atoms with Crippen molar-refractivity contribution in [1.29, 1.82) is 0 Å². The lowest BCUT2D eigenvalue weighted by Crippen LogP contribution is -2.13. The van der Waals surface area contributed by atoms with Crippen molar-refractivity contribution in [3.8, 4) is 11.5 Å². The van der Waals surface area contributed by atoms with Gasteiger partial charge in [-0.05, 0) is 13.3 Å². The molecule has 0 amide bonds. The fourth-order valence-electron chi connectivity index (χ4n) is 2.93. The molecule has 23 heavy (non-hydrogen) atoms. The fourth-order valence-corrected chi connectivity index (χ4v) is 2.93. The molecule has 0 aliphatic carbocycles. The summed E-state index contributed by atoms with van der Waals surface area (Å²) >= 11 is 0. The van der Waals surface area contributed by atoms with Gasteiger partial charge in [0.25, 0.3) is 0 Å². The number of aryl methyl sites for hydroxylation is 1. The fraction of sp³-hybridized carbons (Fsp3) is 0.611. The van der Waals surface area contributed by atoms with Crippen molar-refractivity contribution in [2.45, 2.75) is 58.5 Å². The lowest BCUT2D eigenvalue weighted by atomic mass is 10.1. The Hall–Kier alpha value is -1.75. The van der Waals surface area contributed by atoms with Gasteiger partial charge in [0.15, 0.2) is 11.5 Å². The number of aromatic nitrogens is 2. The molecule has 1 heterocycles. The van der Waals surface area contributed by atoms with Gasteiger partial charge < -0.3 is 19.8 Å².